The Bertz CT molecular complexity index is 1710. The number of carbonyl (C=O) groups excluding carboxylic acids is 4. The minimum Gasteiger partial charge on any atom is -0.493 e. The molecule has 12 nitrogen and oxygen atoms in total. The Morgan fingerprint density at radius 1 is 0.977 bits per heavy atom. The number of nitrogens with zero attached hydrogens (tertiary/aromatic N) is 1. The first-order chi connectivity index (χ1) is 21.0. The van der Waals surface area contributed by atoms with E-state index in [1.807, 2.05) is 0 Å². The van der Waals surface area contributed by atoms with Crippen LogP contribution in [0.25, 0.3) is 0 Å². The van der Waals surface area contributed by atoms with Crippen molar-refractivity contribution >= 4 is 55.6 Å². The van der Waals surface area contributed by atoms with Gasteiger partial charge in [0.05, 0.1) is 48.8 Å². The summed E-state index contributed by atoms with van der Waals surface area (Å²) in [5.41, 5.74) is 0.627. The normalized spacial score (nSPS) is 15.5. The van der Waals surface area contributed by atoms with Gasteiger partial charge >= 0.3 is 11.9 Å². The Balaban J connectivity index is 1.70. The zero-order chi connectivity index (χ0) is 32.2. The van der Waals surface area contributed by atoms with E-state index in [0.717, 1.165) is 16.2 Å². The minimum absolute atomic E-state index is 0.00746. The Hall–Kier alpha value is -4.43. The summed E-state index contributed by atoms with van der Waals surface area (Å²) in [6.07, 6.45) is -0.459. The van der Waals surface area contributed by atoms with Crippen molar-refractivity contribution in [1.29, 1.82) is 0 Å². The number of benzene rings is 2. The molecular weight excluding hydrogens is 612 g/mol. The highest BCUT2D eigenvalue weighted by molar-refractivity contribution is 7.92. The highest BCUT2D eigenvalue weighted by Gasteiger charge is 2.40. The molecule has 0 saturated carbocycles. The van der Waals surface area contributed by atoms with Crippen LogP contribution in [0.1, 0.15) is 56.7 Å². The van der Waals surface area contributed by atoms with Gasteiger partial charge in [-0.3, -0.25) is 9.59 Å². The number of ether oxygens (including phenoxy) is 4. The smallest absolute Gasteiger partial charge is 0.348 e. The number of sulfone groups is 1. The molecule has 4 rings (SSSR count). The lowest BCUT2D eigenvalue weighted by Gasteiger charge is -2.21. The van der Waals surface area contributed by atoms with Crippen LogP contribution in [0.3, 0.4) is 0 Å². The molecule has 0 spiro atoms. The van der Waals surface area contributed by atoms with Gasteiger partial charge < -0.3 is 29.2 Å². The van der Waals surface area contributed by atoms with Crippen molar-refractivity contribution in [2.75, 3.05) is 44.2 Å². The van der Waals surface area contributed by atoms with Gasteiger partial charge in [0.25, 0.3) is 0 Å². The Kier molecular flexibility index (Phi) is 9.95. The number of rotatable bonds is 10. The fraction of sp³-hybridized carbons (Fsp3) is 0.333. The third-order valence-corrected chi connectivity index (χ3v) is 10.3. The molecule has 1 aliphatic heterocycles. The summed E-state index contributed by atoms with van der Waals surface area (Å²) in [5.74, 6) is -2.06. The van der Waals surface area contributed by atoms with E-state index in [0.29, 0.717) is 17.1 Å². The van der Waals surface area contributed by atoms with Gasteiger partial charge in [0.15, 0.2) is 21.3 Å². The molecule has 3 aromatic rings. The molecule has 1 atom stereocenters. The van der Waals surface area contributed by atoms with Gasteiger partial charge in [0.2, 0.25) is 11.8 Å². The third-order valence-electron chi connectivity index (χ3n) is 6.92. The first-order valence-corrected chi connectivity index (χ1v) is 16.0. The van der Waals surface area contributed by atoms with E-state index in [9.17, 15) is 27.6 Å². The van der Waals surface area contributed by atoms with Crippen molar-refractivity contribution in [3.05, 3.63) is 64.0 Å². The molecule has 0 radical (unpaired) electrons. The van der Waals surface area contributed by atoms with Gasteiger partial charge in [-0.2, -0.15) is 0 Å². The fourth-order valence-electron chi connectivity index (χ4n) is 4.86. The number of fused-ring (bicyclic) bond motifs is 1. The highest BCUT2D eigenvalue weighted by Crippen LogP contribution is 2.43. The van der Waals surface area contributed by atoms with E-state index in [2.05, 4.69) is 5.32 Å². The first kappa shape index (κ1) is 32.5. The molecule has 14 heteroatoms. The summed E-state index contributed by atoms with van der Waals surface area (Å²) in [6.45, 7) is 4.40. The van der Waals surface area contributed by atoms with Crippen molar-refractivity contribution in [2.45, 2.75) is 37.3 Å². The van der Waals surface area contributed by atoms with E-state index in [1.54, 1.807) is 39.0 Å². The number of amides is 2. The number of carbonyl (C=O) groups is 4. The van der Waals surface area contributed by atoms with Crippen LogP contribution in [0.5, 0.6) is 11.5 Å². The van der Waals surface area contributed by atoms with E-state index < -0.39 is 51.8 Å². The molecule has 2 heterocycles. The molecule has 0 aliphatic carbocycles. The quantitative estimate of drug-likeness (QED) is 0.316. The number of esters is 2. The largest absolute Gasteiger partial charge is 0.493 e. The molecule has 2 aromatic carbocycles. The van der Waals surface area contributed by atoms with Crippen molar-refractivity contribution in [2.24, 2.45) is 0 Å². The van der Waals surface area contributed by atoms with Crippen LogP contribution in [0.4, 0.5) is 10.7 Å². The predicted molar refractivity (Wildman–Crippen MR) is 162 cm³/mol. The van der Waals surface area contributed by atoms with Gasteiger partial charge in [0.1, 0.15) is 16.4 Å². The highest BCUT2D eigenvalue weighted by atomic mass is 32.2. The summed E-state index contributed by atoms with van der Waals surface area (Å²) >= 11 is 0.844. The number of thiophene rings is 1. The lowest BCUT2D eigenvalue weighted by atomic mass is 10.1. The second-order valence-electron chi connectivity index (χ2n) is 9.55. The zero-order valence-corrected chi connectivity index (χ0v) is 26.4. The van der Waals surface area contributed by atoms with Crippen LogP contribution in [-0.2, 0) is 28.9 Å². The van der Waals surface area contributed by atoms with Gasteiger partial charge in [-0.1, -0.05) is 18.2 Å². The fourth-order valence-corrected chi connectivity index (χ4v) is 7.88. The standard InChI is InChI=1S/C30H32N2O10S2/c1-6-41-29(35)26-17(3)27(30(36)42-7-2)43-28(26)31-24(33)16-32-19-10-8-9-11-22(19)44(37,38)23(15-25(32)34)18-12-13-20(39-4)21(14-18)40-5/h8-14,23H,6-7,15-16H2,1-5H3,(H,31,33). The van der Waals surface area contributed by atoms with Gasteiger partial charge in [-0.15, -0.1) is 11.3 Å². The van der Waals surface area contributed by atoms with E-state index >= 15 is 0 Å². The maximum Gasteiger partial charge on any atom is 0.348 e. The van der Waals surface area contributed by atoms with Gasteiger partial charge in [-0.25, -0.2) is 18.0 Å². The average molecular weight is 645 g/mol. The van der Waals surface area contributed by atoms with Crippen molar-refractivity contribution in [1.82, 2.24) is 0 Å². The van der Waals surface area contributed by atoms with Crippen LogP contribution in [-0.4, -0.2) is 66.1 Å². The van der Waals surface area contributed by atoms with Crippen LogP contribution in [0, 0.1) is 6.92 Å². The van der Waals surface area contributed by atoms with Crippen molar-refractivity contribution in [3.63, 3.8) is 0 Å². The average Bonchev–Trinajstić information content (AvgIpc) is 3.29. The SMILES string of the molecule is CCOC(=O)c1sc(NC(=O)CN2C(=O)CC(c3ccc(OC)c(OC)c3)S(=O)(=O)c3ccccc32)c(C(=O)OCC)c1C. The molecule has 1 aliphatic rings. The maximum absolute atomic E-state index is 13.9. The summed E-state index contributed by atoms with van der Waals surface area (Å²) in [7, 11) is -1.25. The summed E-state index contributed by atoms with van der Waals surface area (Å²) in [6, 6.07) is 10.6. The van der Waals surface area contributed by atoms with E-state index in [-0.39, 0.29) is 44.8 Å². The molecule has 1 unspecified atom stereocenters. The number of para-hydroxylation sites is 1. The Morgan fingerprint density at radius 2 is 1.64 bits per heavy atom. The topological polar surface area (TPSA) is 155 Å². The van der Waals surface area contributed by atoms with Crippen LogP contribution >= 0.6 is 11.3 Å². The molecular formula is C30H32N2O10S2. The number of methoxy groups -OCH3 is 2. The van der Waals surface area contributed by atoms with Gasteiger partial charge in [-0.05, 0) is 56.2 Å². The van der Waals surface area contributed by atoms with E-state index in [4.69, 9.17) is 18.9 Å². The molecule has 234 valence electrons. The lowest BCUT2D eigenvalue weighted by Crippen LogP contribution is -2.38. The van der Waals surface area contributed by atoms with Crippen LogP contribution < -0.4 is 19.7 Å². The number of hydrogen-bond donors (Lipinski definition) is 1. The molecule has 0 bridgehead atoms. The summed E-state index contributed by atoms with van der Waals surface area (Å²) in [4.78, 5) is 53.5. The predicted octanol–water partition coefficient (Wildman–Crippen LogP) is 4.32. The van der Waals surface area contributed by atoms with Crippen LogP contribution in [0.15, 0.2) is 47.4 Å². The van der Waals surface area contributed by atoms with Crippen LogP contribution in [0.2, 0.25) is 0 Å². The minimum atomic E-state index is -4.12. The second kappa shape index (κ2) is 13.5. The Morgan fingerprint density at radius 3 is 2.30 bits per heavy atom. The summed E-state index contributed by atoms with van der Waals surface area (Å²) < 4.78 is 48.7. The second-order valence-corrected chi connectivity index (χ2v) is 12.7. The molecule has 0 saturated heterocycles. The van der Waals surface area contributed by atoms with Crippen molar-refractivity contribution < 1.29 is 46.5 Å². The maximum atomic E-state index is 13.9. The monoisotopic (exact) mass is 644 g/mol. The number of hydrogen-bond acceptors (Lipinski definition) is 11. The molecule has 0 fully saturated rings. The molecule has 44 heavy (non-hydrogen) atoms. The lowest BCUT2D eigenvalue weighted by molar-refractivity contribution is -0.121. The number of anilines is 2. The number of nitrogens with one attached hydrogen (secondary N) is 1. The first-order valence-electron chi connectivity index (χ1n) is 13.6. The van der Waals surface area contributed by atoms with Crippen molar-refractivity contribution in [3.8, 4) is 11.5 Å². The van der Waals surface area contributed by atoms with E-state index in [1.165, 1.54) is 38.5 Å². The summed E-state index contributed by atoms with van der Waals surface area (Å²) in [5, 5.41) is 1.39. The Labute approximate surface area is 258 Å². The molecule has 2 amide bonds. The third kappa shape index (κ3) is 6.26. The zero-order valence-electron chi connectivity index (χ0n) is 24.8. The molecule has 1 N–H and O–H groups in total. The van der Waals surface area contributed by atoms with Gasteiger partial charge in [0, 0.05) is 6.42 Å². The molecule has 1 aromatic heterocycles.